The largest absolute Gasteiger partial charge is 0.389 e. The highest BCUT2D eigenvalue weighted by Crippen LogP contribution is 2.27. The van der Waals surface area contributed by atoms with Crippen LogP contribution in [-0.2, 0) is 6.42 Å². The lowest BCUT2D eigenvalue weighted by atomic mass is 10.0. The molecule has 3 nitrogen and oxygen atoms in total. The van der Waals surface area contributed by atoms with Gasteiger partial charge in [0.1, 0.15) is 0 Å². The summed E-state index contributed by atoms with van der Waals surface area (Å²) >= 11 is 0. The molecular formula is C19H22F3N3. The topological polar surface area (TPSA) is 29.0 Å². The number of nitrogens with zero attached hydrogens (tertiary/aromatic N) is 3. The summed E-state index contributed by atoms with van der Waals surface area (Å²) < 4.78 is 37.2. The van der Waals surface area contributed by atoms with Gasteiger partial charge in [0, 0.05) is 29.9 Å². The molecule has 0 saturated carbocycles. The first-order valence-corrected chi connectivity index (χ1v) is 8.65. The minimum absolute atomic E-state index is 0.122. The van der Waals surface area contributed by atoms with Gasteiger partial charge in [-0.05, 0) is 57.0 Å². The molecule has 2 heterocycles. The molecule has 1 fully saturated rings. The van der Waals surface area contributed by atoms with Crippen LogP contribution in [0.1, 0.15) is 43.5 Å². The monoisotopic (exact) mass is 349 g/mol. The van der Waals surface area contributed by atoms with E-state index in [9.17, 15) is 13.2 Å². The molecule has 25 heavy (non-hydrogen) atoms. The van der Waals surface area contributed by atoms with Crippen LogP contribution in [-0.4, -0.2) is 34.1 Å². The highest BCUT2D eigenvalue weighted by Gasteiger charge is 2.26. The van der Waals surface area contributed by atoms with E-state index in [0.29, 0.717) is 17.6 Å². The molecule has 0 spiro atoms. The number of hydrogen-bond donors (Lipinski definition) is 0. The predicted octanol–water partition coefficient (Wildman–Crippen LogP) is 4.80. The van der Waals surface area contributed by atoms with Gasteiger partial charge in [-0.15, -0.1) is 0 Å². The molecule has 0 bridgehead atoms. The smallest absolute Gasteiger partial charge is 0.297 e. The van der Waals surface area contributed by atoms with E-state index in [-0.39, 0.29) is 6.42 Å². The van der Waals surface area contributed by atoms with Gasteiger partial charge >= 0.3 is 6.18 Å². The van der Waals surface area contributed by atoms with Crippen molar-refractivity contribution in [3.63, 3.8) is 0 Å². The second-order valence-electron chi connectivity index (χ2n) is 6.53. The molecule has 1 aromatic carbocycles. The Morgan fingerprint density at radius 1 is 1.16 bits per heavy atom. The highest BCUT2D eigenvalue weighted by atomic mass is 19.4. The van der Waals surface area contributed by atoms with Gasteiger partial charge in [0.15, 0.2) is 5.82 Å². The van der Waals surface area contributed by atoms with Crippen LogP contribution in [0.3, 0.4) is 0 Å². The Kier molecular flexibility index (Phi) is 5.37. The maximum Gasteiger partial charge on any atom is 0.389 e. The quantitative estimate of drug-likeness (QED) is 0.777. The van der Waals surface area contributed by atoms with Gasteiger partial charge in [0.2, 0.25) is 0 Å². The summed E-state index contributed by atoms with van der Waals surface area (Å²) in [6.45, 7) is 4.40. The Morgan fingerprint density at radius 2 is 1.92 bits per heavy atom. The Bertz CT molecular complexity index is 709. The third-order valence-corrected chi connectivity index (χ3v) is 4.69. The fraction of sp³-hybridized carbons (Fsp3) is 0.474. The molecular weight excluding hydrogens is 327 g/mol. The first kappa shape index (κ1) is 17.9. The van der Waals surface area contributed by atoms with E-state index in [2.05, 4.69) is 27.9 Å². The third-order valence-electron chi connectivity index (χ3n) is 4.69. The van der Waals surface area contributed by atoms with Crippen molar-refractivity contribution in [2.24, 2.45) is 0 Å². The van der Waals surface area contributed by atoms with E-state index >= 15 is 0 Å². The standard InChI is InChI=1S/C19H22F3N3/c1-14(25-11-2-3-12-25)15-5-4-6-16(13-15)18-23-10-8-17(24-18)7-9-19(20,21)22/h4-6,8,10,13-14H,2-3,7,9,11-12H2,1H3/t14-/m1/s1. The van der Waals surface area contributed by atoms with Crippen molar-refractivity contribution in [3.8, 4) is 11.4 Å². The van der Waals surface area contributed by atoms with Gasteiger partial charge < -0.3 is 0 Å². The molecule has 1 saturated heterocycles. The zero-order chi connectivity index (χ0) is 17.9. The zero-order valence-electron chi connectivity index (χ0n) is 14.3. The lowest BCUT2D eigenvalue weighted by molar-refractivity contribution is -0.134. The molecule has 2 aromatic rings. The summed E-state index contributed by atoms with van der Waals surface area (Å²) in [6, 6.07) is 9.86. The molecule has 1 aliphatic heterocycles. The molecule has 1 aromatic heterocycles. The number of hydrogen-bond acceptors (Lipinski definition) is 3. The summed E-state index contributed by atoms with van der Waals surface area (Å²) in [4.78, 5) is 11.0. The van der Waals surface area contributed by atoms with Crippen LogP contribution >= 0.6 is 0 Å². The fourth-order valence-electron chi connectivity index (χ4n) is 3.22. The van der Waals surface area contributed by atoms with Gasteiger partial charge in [-0.1, -0.05) is 18.2 Å². The maximum atomic E-state index is 12.4. The highest BCUT2D eigenvalue weighted by molar-refractivity contribution is 5.56. The third kappa shape index (κ3) is 4.78. The van der Waals surface area contributed by atoms with Crippen LogP contribution in [0, 0.1) is 0 Å². The van der Waals surface area contributed by atoms with Crippen molar-refractivity contribution in [2.75, 3.05) is 13.1 Å². The van der Waals surface area contributed by atoms with Crippen LogP contribution < -0.4 is 0 Å². The first-order chi connectivity index (χ1) is 11.9. The molecule has 0 N–H and O–H groups in total. The average Bonchev–Trinajstić information content (AvgIpc) is 3.14. The van der Waals surface area contributed by atoms with E-state index in [4.69, 9.17) is 0 Å². The summed E-state index contributed by atoms with van der Waals surface area (Å²) in [5.41, 5.74) is 2.45. The molecule has 0 radical (unpaired) electrons. The zero-order valence-corrected chi connectivity index (χ0v) is 14.3. The number of aryl methyl sites for hydroxylation is 1. The van der Waals surface area contributed by atoms with Gasteiger partial charge in [0.25, 0.3) is 0 Å². The minimum Gasteiger partial charge on any atom is -0.297 e. The van der Waals surface area contributed by atoms with E-state index in [1.165, 1.54) is 24.6 Å². The van der Waals surface area contributed by atoms with Gasteiger partial charge in [-0.3, -0.25) is 4.90 Å². The van der Waals surface area contributed by atoms with Gasteiger partial charge in [-0.2, -0.15) is 13.2 Å². The van der Waals surface area contributed by atoms with E-state index < -0.39 is 12.6 Å². The molecule has 3 rings (SSSR count). The van der Waals surface area contributed by atoms with Gasteiger partial charge in [-0.25, -0.2) is 9.97 Å². The molecule has 6 heteroatoms. The van der Waals surface area contributed by atoms with Crippen molar-refractivity contribution in [1.82, 2.24) is 14.9 Å². The first-order valence-electron chi connectivity index (χ1n) is 8.65. The number of halogens is 3. The van der Waals surface area contributed by atoms with Crippen molar-refractivity contribution in [1.29, 1.82) is 0 Å². The second kappa shape index (κ2) is 7.52. The van der Waals surface area contributed by atoms with E-state index in [1.54, 1.807) is 6.07 Å². The molecule has 1 aliphatic rings. The van der Waals surface area contributed by atoms with Crippen LogP contribution in [0.15, 0.2) is 36.5 Å². The molecule has 0 amide bonds. The maximum absolute atomic E-state index is 12.4. The van der Waals surface area contributed by atoms with Crippen molar-refractivity contribution in [3.05, 3.63) is 47.8 Å². The normalized spacial score (nSPS) is 17.0. The Labute approximate surface area is 145 Å². The number of aromatic nitrogens is 2. The second-order valence-corrected chi connectivity index (χ2v) is 6.53. The lowest BCUT2D eigenvalue weighted by Crippen LogP contribution is -2.23. The number of alkyl halides is 3. The fourth-order valence-corrected chi connectivity index (χ4v) is 3.22. The van der Waals surface area contributed by atoms with Crippen molar-refractivity contribution in [2.45, 2.75) is 44.8 Å². The Morgan fingerprint density at radius 3 is 2.64 bits per heavy atom. The van der Waals surface area contributed by atoms with E-state index in [1.807, 2.05) is 18.2 Å². The molecule has 0 aliphatic carbocycles. The van der Waals surface area contributed by atoms with Crippen molar-refractivity contribution >= 4 is 0 Å². The van der Waals surface area contributed by atoms with Crippen molar-refractivity contribution < 1.29 is 13.2 Å². The summed E-state index contributed by atoms with van der Waals surface area (Å²) in [7, 11) is 0. The SMILES string of the molecule is C[C@H](c1cccc(-c2nccc(CCC(F)(F)F)n2)c1)N1CCCC1. The van der Waals surface area contributed by atoms with Gasteiger partial charge in [0.05, 0.1) is 0 Å². The van der Waals surface area contributed by atoms with E-state index in [0.717, 1.165) is 18.7 Å². The predicted molar refractivity (Wildman–Crippen MR) is 91.1 cm³/mol. The summed E-state index contributed by atoms with van der Waals surface area (Å²) in [5.74, 6) is 0.482. The molecule has 1 atom stereocenters. The summed E-state index contributed by atoms with van der Waals surface area (Å²) in [6.07, 6.45) is -1.16. The van der Waals surface area contributed by atoms with Crippen LogP contribution in [0.4, 0.5) is 13.2 Å². The molecule has 0 unspecified atom stereocenters. The average molecular weight is 349 g/mol. The minimum atomic E-state index is -4.17. The molecule has 134 valence electrons. The number of likely N-dealkylation sites (tertiary alicyclic amines) is 1. The number of benzene rings is 1. The van der Waals surface area contributed by atoms with Crippen LogP contribution in [0.2, 0.25) is 0 Å². The number of rotatable bonds is 5. The van der Waals surface area contributed by atoms with Crippen LogP contribution in [0.25, 0.3) is 11.4 Å². The van der Waals surface area contributed by atoms with Crippen LogP contribution in [0.5, 0.6) is 0 Å². The summed E-state index contributed by atoms with van der Waals surface area (Å²) in [5, 5.41) is 0. The Hall–Kier alpha value is -1.95. The lowest BCUT2D eigenvalue weighted by Gasteiger charge is -2.24. The Balaban J connectivity index is 1.78.